The molecule has 2 fully saturated rings. The van der Waals surface area contributed by atoms with Gasteiger partial charge in [0.2, 0.25) is 5.91 Å². The lowest BCUT2D eigenvalue weighted by atomic mass is 9.93. The van der Waals surface area contributed by atoms with Crippen LogP contribution in [0.3, 0.4) is 0 Å². The molecule has 0 bridgehead atoms. The Bertz CT molecular complexity index is 918. The van der Waals surface area contributed by atoms with Gasteiger partial charge >= 0.3 is 5.97 Å². The van der Waals surface area contributed by atoms with Crippen LogP contribution < -0.4 is 10.9 Å². The van der Waals surface area contributed by atoms with Crippen LogP contribution >= 0.6 is 11.6 Å². The number of carbonyl (C=O) groups is 2. The summed E-state index contributed by atoms with van der Waals surface area (Å²) in [5.41, 5.74) is 8.19. The normalized spacial score (nSPS) is 22.8. The monoisotopic (exact) mass is 442 g/mol. The summed E-state index contributed by atoms with van der Waals surface area (Å²) < 4.78 is 5.06. The summed E-state index contributed by atoms with van der Waals surface area (Å²) in [4.78, 5) is 29.8. The van der Waals surface area contributed by atoms with Gasteiger partial charge in [-0.3, -0.25) is 15.1 Å². The highest BCUT2D eigenvalue weighted by molar-refractivity contribution is 6.31. The van der Waals surface area contributed by atoms with E-state index in [0.29, 0.717) is 37.7 Å². The van der Waals surface area contributed by atoms with Crippen molar-refractivity contribution in [2.45, 2.75) is 12.1 Å². The van der Waals surface area contributed by atoms with Crippen LogP contribution in [0.4, 0.5) is 0 Å². The standard InChI is InChI=1S/C23H27ClN4O3/c1-31-23(30)21(17-9-5-6-10-19(17)24)27-11-13-28(14-12-27)22(29)18-15-25-26-20(18)16-7-3-2-4-8-16/h2-10,18,20-21,25-26H,11-15H2,1H3. The van der Waals surface area contributed by atoms with Crippen molar-refractivity contribution in [1.29, 1.82) is 0 Å². The first kappa shape index (κ1) is 21.8. The third-order valence-electron chi connectivity index (χ3n) is 6.07. The molecule has 0 spiro atoms. The molecule has 0 saturated carbocycles. The first-order valence-corrected chi connectivity index (χ1v) is 10.9. The van der Waals surface area contributed by atoms with Crippen LogP contribution in [0.2, 0.25) is 5.02 Å². The van der Waals surface area contributed by atoms with Gasteiger partial charge in [0, 0.05) is 37.7 Å². The predicted molar refractivity (Wildman–Crippen MR) is 118 cm³/mol. The molecule has 164 valence electrons. The first-order chi connectivity index (χ1) is 15.1. The van der Waals surface area contributed by atoms with Gasteiger partial charge in [-0.05, 0) is 17.2 Å². The number of nitrogens with one attached hydrogen (secondary N) is 2. The van der Waals surface area contributed by atoms with Gasteiger partial charge in [-0.25, -0.2) is 10.2 Å². The molecule has 7 nitrogen and oxygen atoms in total. The fourth-order valence-corrected chi connectivity index (χ4v) is 4.66. The van der Waals surface area contributed by atoms with Crippen molar-refractivity contribution in [2.24, 2.45) is 5.92 Å². The molecule has 2 aromatic carbocycles. The number of ether oxygens (including phenoxy) is 1. The summed E-state index contributed by atoms with van der Waals surface area (Å²) in [7, 11) is 1.38. The molecule has 31 heavy (non-hydrogen) atoms. The third kappa shape index (κ3) is 4.60. The molecule has 0 radical (unpaired) electrons. The number of methoxy groups -OCH3 is 1. The highest BCUT2D eigenvalue weighted by Crippen LogP contribution is 2.31. The second kappa shape index (κ2) is 9.78. The minimum absolute atomic E-state index is 0.0577. The lowest BCUT2D eigenvalue weighted by Crippen LogP contribution is -2.53. The van der Waals surface area contributed by atoms with E-state index in [1.807, 2.05) is 58.3 Å². The highest BCUT2D eigenvalue weighted by Gasteiger charge is 2.39. The average molecular weight is 443 g/mol. The summed E-state index contributed by atoms with van der Waals surface area (Å²) in [6.45, 7) is 2.83. The van der Waals surface area contributed by atoms with Gasteiger partial charge in [0.25, 0.3) is 0 Å². The van der Waals surface area contributed by atoms with E-state index >= 15 is 0 Å². The largest absolute Gasteiger partial charge is 0.468 e. The minimum Gasteiger partial charge on any atom is -0.468 e. The van der Waals surface area contributed by atoms with Gasteiger partial charge < -0.3 is 9.64 Å². The minimum atomic E-state index is -0.581. The molecule has 8 heteroatoms. The first-order valence-electron chi connectivity index (χ1n) is 10.5. The molecule has 2 N–H and O–H groups in total. The molecule has 2 aromatic rings. The number of hydrogen-bond acceptors (Lipinski definition) is 6. The van der Waals surface area contributed by atoms with Crippen LogP contribution in [0, 0.1) is 5.92 Å². The van der Waals surface area contributed by atoms with Gasteiger partial charge in [0.05, 0.1) is 19.1 Å². The van der Waals surface area contributed by atoms with Crippen LogP contribution in [0.15, 0.2) is 54.6 Å². The maximum Gasteiger partial charge on any atom is 0.327 e. The molecule has 2 saturated heterocycles. The van der Waals surface area contributed by atoms with E-state index in [0.717, 1.165) is 11.1 Å². The van der Waals surface area contributed by atoms with E-state index in [1.165, 1.54) is 7.11 Å². The Labute approximate surface area is 187 Å². The SMILES string of the molecule is COC(=O)C(c1ccccc1Cl)N1CCN(C(=O)C2CNNC2c2ccccc2)CC1. The van der Waals surface area contributed by atoms with Crippen molar-refractivity contribution in [2.75, 3.05) is 39.8 Å². The predicted octanol–water partition coefficient (Wildman–Crippen LogP) is 2.16. The Morgan fingerprint density at radius 1 is 1.03 bits per heavy atom. The number of halogens is 1. The number of hydrazine groups is 1. The van der Waals surface area contributed by atoms with E-state index in [4.69, 9.17) is 16.3 Å². The Kier molecular flexibility index (Phi) is 6.87. The summed E-state index contributed by atoms with van der Waals surface area (Å²) in [6, 6.07) is 16.7. The van der Waals surface area contributed by atoms with Gasteiger partial charge in [0.1, 0.15) is 6.04 Å². The molecule has 0 aromatic heterocycles. The number of hydrogen-bond donors (Lipinski definition) is 2. The molecule has 3 unspecified atom stereocenters. The molecular formula is C23H27ClN4O3. The third-order valence-corrected chi connectivity index (χ3v) is 6.42. The maximum absolute atomic E-state index is 13.3. The fraction of sp³-hybridized carbons (Fsp3) is 0.391. The second-order valence-electron chi connectivity index (χ2n) is 7.83. The number of amides is 1. The molecule has 2 heterocycles. The summed E-state index contributed by atoms with van der Waals surface area (Å²) in [5.74, 6) is -0.395. The van der Waals surface area contributed by atoms with E-state index in [1.54, 1.807) is 6.07 Å². The maximum atomic E-state index is 13.3. The smallest absolute Gasteiger partial charge is 0.327 e. The molecular weight excluding hydrogens is 416 g/mol. The number of benzene rings is 2. The van der Waals surface area contributed by atoms with Crippen molar-refractivity contribution in [3.8, 4) is 0 Å². The second-order valence-corrected chi connectivity index (χ2v) is 8.24. The van der Waals surface area contributed by atoms with Crippen molar-refractivity contribution < 1.29 is 14.3 Å². The Hall–Kier alpha value is -2.45. The van der Waals surface area contributed by atoms with Crippen molar-refractivity contribution in [3.63, 3.8) is 0 Å². The van der Waals surface area contributed by atoms with Crippen LogP contribution in [-0.2, 0) is 14.3 Å². The van der Waals surface area contributed by atoms with Crippen molar-refractivity contribution in [1.82, 2.24) is 20.7 Å². The van der Waals surface area contributed by atoms with Gasteiger partial charge in [-0.1, -0.05) is 60.1 Å². The van der Waals surface area contributed by atoms with Crippen molar-refractivity contribution >= 4 is 23.5 Å². The molecule has 1 amide bonds. The van der Waals surface area contributed by atoms with E-state index in [2.05, 4.69) is 10.9 Å². The van der Waals surface area contributed by atoms with Crippen LogP contribution in [0.25, 0.3) is 0 Å². The van der Waals surface area contributed by atoms with Crippen molar-refractivity contribution in [3.05, 3.63) is 70.7 Å². The Morgan fingerprint density at radius 2 is 1.71 bits per heavy atom. The number of piperazine rings is 1. The summed E-state index contributed by atoms with van der Waals surface area (Å²) in [5, 5.41) is 0.533. The zero-order valence-electron chi connectivity index (χ0n) is 17.5. The Morgan fingerprint density at radius 3 is 2.39 bits per heavy atom. The van der Waals surface area contributed by atoms with Gasteiger partial charge in [0.15, 0.2) is 0 Å². The fourth-order valence-electron chi connectivity index (χ4n) is 4.42. The number of esters is 1. The van der Waals surface area contributed by atoms with Gasteiger partial charge in [-0.2, -0.15) is 0 Å². The van der Waals surface area contributed by atoms with Crippen LogP contribution in [0.1, 0.15) is 23.2 Å². The molecule has 2 aliphatic heterocycles. The lowest BCUT2D eigenvalue weighted by Gasteiger charge is -2.39. The number of rotatable bonds is 5. The van der Waals surface area contributed by atoms with Crippen LogP contribution in [0.5, 0.6) is 0 Å². The highest BCUT2D eigenvalue weighted by atomic mass is 35.5. The van der Waals surface area contributed by atoms with E-state index in [-0.39, 0.29) is 23.8 Å². The molecule has 3 atom stereocenters. The zero-order chi connectivity index (χ0) is 21.8. The number of carbonyl (C=O) groups excluding carboxylic acids is 2. The molecule has 2 aliphatic rings. The van der Waals surface area contributed by atoms with Gasteiger partial charge in [-0.15, -0.1) is 0 Å². The van der Waals surface area contributed by atoms with E-state index < -0.39 is 6.04 Å². The number of nitrogens with zero attached hydrogens (tertiary/aromatic N) is 2. The Balaban J connectivity index is 1.44. The summed E-state index contributed by atoms with van der Waals surface area (Å²) in [6.07, 6.45) is 0. The molecule has 4 rings (SSSR count). The zero-order valence-corrected chi connectivity index (χ0v) is 18.2. The lowest BCUT2D eigenvalue weighted by molar-refractivity contribution is -0.149. The average Bonchev–Trinajstić information content (AvgIpc) is 3.31. The van der Waals surface area contributed by atoms with Crippen LogP contribution in [-0.4, -0.2) is 61.5 Å². The summed E-state index contributed by atoms with van der Waals surface area (Å²) >= 11 is 6.37. The van der Waals surface area contributed by atoms with E-state index in [9.17, 15) is 9.59 Å². The molecule has 0 aliphatic carbocycles. The topological polar surface area (TPSA) is 73.9 Å². The quantitative estimate of drug-likeness (QED) is 0.691.